The number of aromatic nitrogens is 1. The van der Waals surface area contributed by atoms with Crippen molar-refractivity contribution < 1.29 is 0 Å². The SMILES string of the molecule is CC.Cc1c(-c2ccccc2)c2cc(Cl)ccc2n1C. The standard InChI is InChI=1S/C16H14ClN.C2H6/c1-11-16(12-6-4-3-5-7-12)14-10-13(17)8-9-15(14)18(11)2;1-2/h3-10H,1-2H3;1-2H3. The van der Waals surface area contributed by atoms with Gasteiger partial charge >= 0.3 is 0 Å². The summed E-state index contributed by atoms with van der Waals surface area (Å²) in [4.78, 5) is 0. The molecule has 0 aliphatic rings. The first-order valence-corrected chi connectivity index (χ1v) is 7.36. The van der Waals surface area contributed by atoms with E-state index in [1.165, 1.54) is 27.7 Å². The lowest BCUT2D eigenvalue weighted by Crippen LogP contribution is -1.90. The van der Waals surface area contributed by atoms with Crippen molar-refractivity contribution in [3.8, 4) is 11.1 Å². The molecular formula is C18H20ClN. The lowest BCUT2D eigenvalue weighted by atomic mass is 10.0. The van der Waals surface area contributed by atoms with Crippen LogP contribution in [0.4, 0.5) is 0 Å². The molecule has 20 heavy (non-hydrogen) atoms. The summed E-state index contributed by atoms with van der Waals surface area (Å²) in [7, 11) is 2.10. The van der Waals surface area contributed by atoms with Crippen LogP contribution in [0.2, 0.25) is 5.02 Å². The van der Waals surface area contributed by atoms with E-state index < -0.39 is 0 Å². The second-order valence-corrected chi connectivity index (χ2v) is 4.98. The van der Waals surface area contributed by atoms with Crippen molar-refractivity contribution in [3.05, 3.63) is 59.2 Å². The zero-order valence-corrected chi connectivity index (χ0v) is 13.2. The molecule has 0 amide bonds. The summed E-state index contributed by atoms with van der Waals surface area (Å²) in [5, 5.41) is 2.00. The minimum Gasteiger partial charge on any atom is -0.347 e. The second-order valence-electron chi connectivity index (χ2n) is 4.55. The third kappa shape index (κ3) is 2.46. The highest BCUT2D eigenvalue weighted by Gasteiger charge is 2.13. The molecule has 0 spiro atoms. The normalized spacial score (nSPS) is 10.2. The van der Waals surface area contributed by atoms with E-state index in [0.717, 1.165) is 5.02 Å². The second kappa shape index (κ2) is 6.15. The molecule has 3 aromatic rings. The summed E-state index contributed by atoms with van der Waals surface area (Å²) in [6.45, 7) is 6.15. The van der Waals surface area contributed by atoms with Crippen molar-refractivity contribution in [2.45, 2.75) is 20.8 Å². The van der Waals surface area contributed by atoms with Gasteiger partial charge in [-0.15, -0.1) is 0 Å². The lowest BCUT2D eigenvalue weighted by molar-refractivity contribution is 0.919. The highest BCUT2D eigenvalue weighted by molar-refractivity contribution is 6.31. The van der Waals surface area contributed by atoms with Crippen LogP contribution in [0.25, 0.3) is 22.0 Å². The maximum atomic E-state index is 6.13. The first-order valence-electron chi connectivity index (χ1n) is 6.98. The molecule has 104 valence electrons. The molecule has 2 heteroatoms. The highest BCUT2D eigenvalue weighted by atomic mass is 35.5. The molecule has 0 unspecified atom stereocenters. The Bertz CT molecular complexity index is 711. The largest absolute Gasteiger partial charge is 0.347 e. The zero-order valence-electron chi connectivity index (χ0n) is 12.4. The van der Waals surface area contributed by atoms with Gasteiger partial charge in [-0.05, 0) is 30.7 Å². The third-order valence-corrected chi connectivity index (χ3v) is 3.75. The number of fused-ring (bicyclic) bond motifs is 1. The Kier molecular flexibility index (Phi) is 4.51. The molecule has 1 heterocycles. The van der Waals surface area contributed by atoms with Gasteiger partial charge in [0.25, 0.3) is 0 Å². The Morgan fingerprint density at radius 3 is 2.25 bits per heavy atom. The Labute approximate surface area is 125 Å². The molecule has 0 bridgehead atoms. The van der Waals surface area contributed by atoms with Crippen molar-refractivity contribution in [1.82, 2.24) is 4.57 Å². The van der Waals surface area contributed by atoms with E-state index in [-0.39, 0.29) is 0 Å². The molecular weight excluding hydrogens is 266 g/mol. The third-order valence-electron chi connectivity index (χ3n) is 3.52. The lowest BCUT2D eigenvalue weighted by Gasteiger charge is -2.02. The van der Waals surface area contributed by atoms with Gasteiger partial charge in [0.1, 0.15) is 0 Å². The van der Waals surface area contributed by atoms with E-state index in [1.807, 2.05) is 32.0 Å². The summed E-state index contributed by atoms with van der Waals surface area (Å²) in [6.07, 6.45) is 0. The summed E-state index contributed by atoms with van der Waals surface area (Å²) in [5.74, 6) is 0. The van der Waals surface area contributed by atoms with E-state index in [4.69, 9.17) is 11.6 Å². The van der Waals surface area contributed by atoms with Crippen molar-refractivity contribution in [2.75, 3.05) is 0 Å². The van der Waals surface area contributed by atoms with E-state index in [0.29, 0.717) is 0 Å². The minimum absolute atomic E-state index is 0.783. The molecule has 1 aromatic heterocycles. The van der Waals surface area contributed by atoms with Gasteiger partial charge < -0.3 is 4.57 Å². The summed E-state index contributed by atoms with van der Waals surface area (Å²) in [5.41, 5.74) is 4.99. The molecule has 0 saturated carbocycles. The van der Waals surface area contributed by atoms with Crippen LogP contribution in [0.1, 0.15) is 19.5 Å². The highest BCUT2D eigenvalue weighted by Crippen LogP contribution is 2.35. The zero-order chi connectivity index (χ0) is 14.7. The molecule has 0 N–H and O–H groups in total. The predicted molar refractivity (Wildman–Crippen MR) is 89.5 cm³/mol. The molecule has 0 fully saturated rings. The van der Waals surface area contributed by atoms with E-state index in [1.54, 1.807) is 0 Å². The number of hydrogen-bond acceptors (Lipinski definition) is 0. The Morgan fingerprint density at radius 1 is 0.950 bits per heavy atom. The molecule has 0 aliphatic carbocycles. The molecule has 0 saturated heterocycles. The molecule has 2 aromatic carbocycles. The fraction of sp³-hybridized carbons (Fsp3) is 0.222. The summed E-state index contributed by atoms with van der Waals surface area (Å²) in [6, 6.07) is 16.5. The molecule has 0 aliphatic heterocycles. The Balaban J connectivity index is 0.000000704. The van der Waals surface area contributed by atoms with E-state index in [9.17, 15) is 0 Å². The maximum absolute atomic E-state index is 6.13. The topological polar surface area (TPSA) is 4.93 Å². The molecule has 3 rings (SSSR count). The van der Waals surface area contributed by atoms with E-state index >= 15 is 0 Å². The van der Waals surface area contributed by atoms with Crippen molar-refractivity contribution in [1.29, 1.82) is 0 Å². The van der Waals surface area contributed by atoms with Crippen LogP contribution >= 0.6 is 11.6 Å². The first-order chi connectivity index (χ1) is 9.68. The number of hydrogen-bond donors (Lipinski definition) is 0. The van der Waals surface area contributed by atoms with Crippen molar-refractivity contribution in [3.63, 3.8) is 0 Å². The van der Waals surface area contributed by atoms with Crippen LogP contribution in [0.3, 0.4) is 0 Å². The quantitative estimate of drug-likeness (QED) is 0.530. The van der Waals surface area contributed by atoms with E-state index in [2.05, 4.69) is 48.9 Å². The van der Waals surface area contributed by atoms with Crippen molar-refractivity contribution >= 4 is 22.5 Å². The molecule has 0 radical (unpaired) electrons. The van der Waals surface area contributed by atoms with Gasteiger partial charge in [0.15, 0.2) is 0 Å². The van der Waals surface area contributed by atoms with Crippen LogP contribution in [0, 0.1) is 6.92 Å². The minimum atomic E-state index is 0.783. The average molecular weight is 286 g/mol. The van der Waals surface area contributed by atoms with Gasteiger partial charge in [-0.1, -0.05) is 55.8 Å². The van der Waals surface area contributed by atoms with Gasteiger partial charge in [-0.2, -0.15) is 0 Å². The molecule has 0 atom stereocenters. The fourth-order valence-corrected chi connectivity index (χ4v) is 2.69. The van der Waals surface area contributed by atoms with Crippen LogP contribution < -0.4 is 0 Å². The number of halogens is 1. The number of benzene rings is 2. The maximum Gasteiger partial charge on any atom is 0.0487 e. The van der Waals surface area contributed by atoms with Crippen LogP contribution in [-0.2, 0) is 7.05 Å². The monoisotopic (exact) mass is 285 g/mol. The first kappa shape index (κ1) is 14.7. The number of rotatable bonds is 1. The predicted octanol–water partition coefficient (Wildman–Crippen LogP) is 5.83. The summed E-state index contributed by atoms with van der Waals surface area (Å²) < 4.78 is 2.22. The van der Waals surface area contributed by atoms with Gasteiger partial charge in [0.2, 0.25) is 0 Å². The number of nitrogens with zero attached hydrogens (tertiary/aromatic N) is 1. The van der Waals surface area contributed by atoms with Gasteiger partial charge in [-0.25, -0.2) is 0 Å². The van der Waals surface area contributed by atoms with Gasteiger partial charge in [0.05, 0.1) is 0 Å². The van der Waals surface area contributed by atoms with Gasteiger partial charge in [0, 0.05) is 34.2 Å². The summed E-state index contributed by atoms with van der Waals surface area (Å²) >= 11 is 6.13. The fourth-order valence-electron chi connectivity index (χ4n) is 2.51. The molecule has 1 nitrogen and oxygen atoms in total. The number of aryl methyl sites for hydroxylation is 1. The van der Waals surface area contributed by atoms with Crippen LogP contribution in [-0.4, -0.2) is 4.57 Å². The van der Waals surface area contributed by atoms with Gasteiger partial charge in [-0.3, -0.25) is 0 Å². The van der Waals surface area contributed by atoms with Crippen LogP contribution in [0.5, 0.6) is 0 Å². The van der Waals surface area contributed by atoms with Crippen molar-refractivity contribution in [2.24, 2.45) is 7.05 Å². The Morgan fingerprint density at radius 2 is 1.60 bits per heavy atom. The smallest absolute Gasteiger partial charge is 0.0487 e. The van der Waals surface area contributed by atoms with Crippen LogP contribution in [0.15, 0.2) is 48.5 Å². The Hall–Kier alpha value is -1.73. The average Bonchev–Trinajstić information content (AvgIpc) is 2.73.